The van der Waals surface area contributed by atoms with E-state index in [1.807, 2.05) is 0 Å². The van der Waals surface area contributed by atoms with Gasteiger partial charge in [0.25, 0.3) is 0 Å². The summed E-state index contributed by atoms with van der Waals surface area (Å²) < 4.78 is 29.7. The summed E-state index contributed by atoms with van der Waals surface area (Å²) in [7, 11) is -2.93. The molecule has 30 heavy (non-hydrogen) atoms. The molecule has 1 aliphatic carbocycles. The molecule has 6 rings (SSSR count). The molecule has 0 aromatic carbocycles. The van der Waals surface area contributed by atoms with Gasteiger partial charge in [0.15, 0.2) is 9.84 Å². The van der Waals surface area contributed by atoms with Gasteiger partial charge in [-0.1, -0.05) is 0 Å². The van der Waals surface area contributed by atoms with Crippen LogP contribution in [0.5, 0.6) is 0 Å². The number of ether oxygens (including phenoxy) is 1. The van der Waals surface area contributed by atoms with E-state index in [1.54, 1.807) is 0 Å². The average Bonchev–Trinajstić information content (AvgIpc) is 3.50. The van der Waals surface area contributed by atoms with Crippen LogP contribution in [0.2, 0.25) is 0 Å². The largest absolute Gasteiger partial charge is 0.389 e. The Balaban J connectivity index is 1.24. The molecule has 0 unspecified atom stereocenters. The topological polar surface area (TPSA) is 99.1 Å². The van der Waals surface area contributed by atoms with Crippen LogP contribution >= 0.6 is 0 Å². The molecule has 1 N–H and O–H groups in total. The fraction of sp³-hybridized carbons (Fsp3) is 0.800. The minimum atomic E-state index is -2.93. The Kier molecular flexibility index (Phi) is 4.49. The number of rotatable bonds is 3. The van der Waals surface area contributed by atoms with Gasteiger partial charge in [0.1, 0.15) is 5.82 Å². The van der Waals surface area contributed by atoms with Crippen LogP contribution in [0.3, 0.4) is 0 Å². The van der Waals surface area contributed by atoms with Crippen molar-refractivity contribution in [2.24, 2.45) is 0 Å². The minimum absolute atomic E-state index is 0.0213. The lowest BCUT2D eigenvalue weighted by atomic mass is 10.1. The summed E-state index contributed by atoms with van der Waals surface area (Å²) in [6.07, 6.45) is 3.41. The van der Waals surface area contributed by atoms with Crippen LogP contribution < -0.4 is 9.80 Å². The maximum atomic E-state index is 12.2. The van der Waals surface area contributed by atoms with Crippen LogP contribution in [0.25, 0.3) is 0 Å². The van der Waals surface area contributed by atoms with Crippen molar-refractivity contribution in [3.05, 3.63) is 11.3 Å². The molecular weight excluding hydrogens is 406 g/mol. The highest BCUT2D eigenvalue weighted by Gasteiger charge is 2.49. The molecular formula is C20H29N5O4S. The maximum absolute atomic E-state index is 12.2. The molecule has 4 atom stereocenters. The van der Waals surface area contributed by atoms with E-state index in [9.17, 15) is 13.5 Å². The van der Waals surface area contributed by atoms with Crippen molar-refractivity contribution in [1.29, 1.82) is 0 Å². The Morgan fingerprint density at radius 1 is 1.07 bits per heavy atom. The van der Waals surface area contributed by atoms with E-state index in [2.05, 4.69) is 14.7 Å². The second-order valence-corrected chi connectivity index (χ2v) is 11.6. The van der Waals surface area contributed by atoms with Gasteiger partial charge in [0, 0.05) is 44.3 Å². The molecule has 0 amide bonds. The molecule has 5 heterocycles. The predicted molar refractivity (Wildman–Crippen MR) is 112 cm³/mol. The number of hydrogen-bond donors (Lipinski definition) is 1. The number of piperazine rings is 1. The first-order valence-corrected chi connectivity index (χ1v) is 12.8. The highest BCUT2D eigenvalue weighted by atomic mass is 32.2. The minimum Gasteiger partial charge on any atom is -0.389 e. The van der Waals surface area contributed by atoms with Crippen molar-refractivity contribution < 1.29 is 18.3 Å². The third-order valence-corrected chi connectivity index (χ3v) is 9.78. The third kappa shape index (κ3) is 3.03. The second kappa shape index (κ2) is 7.01. The summed E-state index contributed by atoms with van der Waals surface area (Å²) in [6, 6.07) is 0.119. The third-order valence-electron chi connectivity index (χ3n) is 7.57. The smallest absolute Gasteiger partial charge is 0.227 e. The van der Waals surface area contributed by atoms with E-state index in [-0.39, 0.29) is 23.1 Å². The second-order valence-electron chi connectivity index (χ2n) is 9.31. The quantitative estimate of drug-likeness (QED) is 0.656. The number of sulfone groups is 1. The van der Waals surface area contributed by atoms with Crippen molar-refractivity contribution in [1.82, 2.24) is 14.9 Å². The zero-order valence-electron chi connectivity index (χ0n) is 17.1. The molecule has 1 aromatic heterocycles. The first kappa shape index (κ1) is 19.2. The molecule has 164 valence electrons. The van der Waals surface area contributed by atoms with Crippen LogP contribution in [0.1, 0.15) is 24.1 Å². The molecule has 0 radical (unpaired) electrons. The van der Waals surface area contributed by atoms with Gasteiger partial charge in [0.2, 0.25) is 5.95 Å². The van der Waals surface area contributed by atoms with Gasteiger partial charge in [-0.05, 0) is 25.7 Å². The average molecular weight is 436 g/mol. The molecule has 0 saturated carbocycles. The predicted octanol–water partition coefficient (Wildman–Crippen LogP) is -0.777. The number of nitrogens with zero attached hydrogens (tertiary/aromatic N) is 5. The normalized spacial score (nSPS) is 35.4. The lowest BCUT2D eigenvalue weighted by Crippen LogP contribution is -2.54. The van der Waals surface area contributed by atoms with Crippen LogP contribution in [0, 0.1) is 0 Å². The first-order valence-electron chi connectivity index (χ1n) is 11.1. The number of hydrogen-bond acceptors (Lipinski definition) is 9. The Hall–Kier alpha value is -1.49. The standard InChI is InChI=1S/C20H29N5O4S/c26-18-11-29-10-17(18)23-4-6-24(7-5-23)19-15-2-1-3-16(15)21-20(22-19)25-9-14-8-13(25)12-30(14,27)28/h13-14,17-18,26H,1-12H2/t13-,14-,17+,18+/m0/s1. The SMILES string of the molecule is O=S1(=O)C[C@@H]2C[C@H]1CN2c1nc2c(c(N3CCN([C@@H]4COC[C@H]4O)CC3)n1)CCC2. The van der Waals surface area contributed by atoms with Gasteiger partial charge in [-0.2, -0.15) is 4.98 Å². The van der Waals surface area contributed by atoms with Crippen LogP contribution in [0.15, 0.2) is 0 Å². The maximum Gasteiger partial charge on any atom is 0.227 e. The number of fused-ring (bicyclic) bond motifs is 3. The van der Waals surface area contributed by atoms with E-state index in [0.29, 0.717) is 26.2 Å². The molecule has 4 aliphatic heterocycles. The Bertz CT molecular complexity index is 949. The Labute approximate surface area is 176 Å². The number of anilines is 2. The van der Waals surface area contributed by atoms with Crippen molar-refractivity contribution in [2.45, 2.75) is 49.1 Å². The van der Waals surface area contributed by atoms with E-state index in [0.717, 1.165) is 62.9 Å². The van der Waals surface area contributed by atoms with Gasteiger partial charge >= 0.3 is 0 Å². The summed E-state index contributed by atoms with van der Waals surface area (Å²) in [5.74, 6) is 1.99. The fourth-order valence-corrected chi connectivity index (χ4v) is 7.90. The Morgan fingerprint density at radius 2 is 1.90 bits per heavy atom. The number of aliphatic hydroxyl groups excluding tert-OH is 1. The monoisotopic (exact) mass is 435 g/mol. The lowest BCUT2D eigenvalue weighted by molar-refractivity contribution is 0.0784. The summed E-state index contributed by atoms with van der Waals surface area (Å²) in [5, 5.41) is 9.89. The van der Waals surface area contributed by atoms with Crippen LogP contribution in [0.4, 0.5) is 11.8 Å². The summed E-state index contributed by atoms with van der Waals surface area (Å²) in [6.45, 7) is 5.06. The summed E-state index contributed by atoms with van der Waals surface area (Å²) >= 11 is 0. The van der Waals surface area contributed by atoms with Crippen molar-refractivity contribution in [3.63, 3.8) is 0 Å². The molecule has 0 spiro atoms. The molecule has 4 saturated heterocycles. The number of aromatic nitrogens is 2. The molecule has 9 nitrogen and oxygen atoms in total. The first-order chi connectivity index (χ1) is 14.5. The van der Waals surface area contributed by atoms with Crippen molar-refractivity contribution in [3.8, 4) is 0 Å². The number of aryl methyl sites for hydroxylation is 1. The van der Waals surface area contributed by atoms with E-state index < -0.39 is 15.9 Å². The molecule has 5 aliphatic rings. The highest BCUT2D eigenvalue weighted by Crippen LogP contribution is 2.38. The van der Waals surface area contributed by atoms with Gasteiger partial charge in [0.05, 0.1) is 42.1 Å². The van der Waals surface area contributed by atoms with Gasteiger partial charge in [-0.25, -0.2) is 13.4 Å². The lowest BCUT2D eigenvalue weighted by Gasteiger charge is -2.39. The van der Waals surface area contributed by atoms with E-state index >= 15 is 0 Å². The van der Waals surface area contributed by atoms with E-state index in [4.69, 9.17) is 14.7 Å². The van der Waals surface area contributed by atoms with Crippen LogP contribution in [-0.4, -0.2) is 104 Å². The molecule has 1 aromatic rings. The summed E-state index contributed by atoms with van der Waals surface area (Å²) in [5.41, 5.74) is 2.41. The van der Waals surface area contributed by atoms with Crippen LogP contribution in [-0.2, 0) is 27.4 Å². The van der Waals surface area contributed by atoms with Gasteiger partial charge in [-0.3, -0.25) is 4.90 Å². The van der Waals surface area contributed by atoms with Gasteiger partial charge < -0.3 is 19.6 Å². The summed E-state index contributed by atoms with van der Waals surface area (Å²) in [4.78, 5) is 16.7. The zero-order chi connectivity index (χ0) is 20.5. The molecule has 4 fully saturated rings. The number of aliphatic hydroxyl groups is 1. The Morgan fingerprint density at radius 3 is 2.57 bits per heavy atom. The van der Waals surface area contributed by atoms with Crippen molar-refractivity contribution in [2.75, 3.05) is 61.5 Å². The fourth-order valence-electron chi connectivity index (χ4n) is 5.88. The molecule has 2 bridgehead atoms. The zero-order valence-corrected chi connectivity index (χ0v) is 17.9. The van der Waals surface area contributed by atoms with E-state index in [1.165, 1.54) is 5.56 Å². The van der Waals surface area contributed by atoms with Gasteiger partial charge in [-0.15, -0.1) is 0 Å². The highest BCUT2D eigenvalue weighted by molar-refractivity contribution is 7.92. The molecule has 10 heteroatoms. The van der Waals surface area contributed by atoms with Crippen molar-refractivity contribution >= 4 is 21.6 Å².